The van der Waals surface area contributed by atoms with Crippen molar-refractivity contribution in [3.63, 3.8) is 0 Å². The van der Waals surface area contributed by atoms with E-state index in [0.717, 1.165) is 12.8 Å². The van der Waals surface area contributed by atoms with Gasteiger partial charge in [0.15, 0.2) is 11.5 Å². The molecule has 1 fully saturated rings. The van der Waals surface area contributed by atoms with Gasteiger partial charge in [-0.05, 0) is 59.6 Å². The molecule has 3 rings (SSSR count). The summed E-state index contributed by atoms with van der Waals surface area (Å²) >= 11 is 2.02. The van der Waals surface area contributed by atoms with E-state index in [4.69, 9.17) is 14.6 Å². The van der Waals surface area contributed by atoms with Gasteiger partial charge in [0.05, 0.1) is 23.3 Å². The fraction of sp³-hybridized carbons (Fsp3) is 0.542. The van der Waals surface area contributed by atoms with Crippen molar-refractivity contribution >= 4 is 40.7 Å². The van der Waals surface area contributed by atoms with Gasteiger partial charge in [-0.3, -0.25) is 14.4 Å². The Morgan fingerprint density at radius 2 is 2.06 bits per heavy atom. The molecule has 0 saturated heterocycles. The van der Waals surface area contributed by atoms with Crippen LogP contribution < -0.4 is 14.8 Å². The highest BCUT2D eigenvalue weighted by Crippen LogP contribution is 2.38. The normalized spacial score (nSPS) is 21.9. The SMILES string of the molecule is CCC(=O)N(CC1CC1)C1CC(C(=O)NCCO)=CC(Oc2c(I)cc(C=O)cc2OC)C1O. The molecule has 3 unspecified atom stereocenters. The van der Waals surface area contributed by atoms with Crippen molar-refractivity contribution < 1.29 is 34.1 Å². The highest BCUT2D eigenvalue weighted by molar-refractivity contribution is 14.1. The van der Waals surface area contributed by atoms with Crippen LogP contribution in [-0.2, 0) is 9.59 Å². The number of methoxy groups -OCH3 is 1. The second-order valence-corrected chi connectivity index (χ2v) is 9.67. The zero-order chi connectivity index (χ0) is 24.8. The summed E-state index contributed by atoms with van der Waals surface area (Å²) in [4.78, 5) is 38.5. The van der Waals surface area contributed by atoms with E-state index in [0.29, 0.717) is 45.0 Å². The van der Waals surface area contributed by atoms with E-state index in [1.54, 1.807) is 24.0 Å². The molecule has 0 heterocycles. The topological polar surface area (TPSA) is 125 Å². The molecular weight excluding hydrogens is 555 g/mol. The van der Waals surface area contributed by atoms with Crippen LogP contribution in [0.4, 0.5) is 0 Å². The molecule has 0 bridgehead atoms. The number of benzene rings is 1. The maximum Gasteiger partial charge on any atom is 0.247 e. The van der Waals surface area contributed by atoms with Crippen LogP contribution in [0.2, 0.25) is 0 Å². The summed E-state index contributed by atoms with van der Waals surface area (Å²) in [5.41, 5.74) is 0.788. The van der Waals surface area contributed by atoms with Gasteiger partial charge < -0.3 is 29.9 Å². The molecule has 2 aliphatic rings. The van der Waals surface area contributed by atoms with Crippen LogP contribution in [0, 0.1) is 9.49 Å². The fourth-order valence-electron chi connectivity index (χ4n) is 4.04. The number of aliphatic hydroxyl groups excluding tert-OH is 2. The Morgan fingerprint density at radius 3 is 2.65 bits per heavy atom. The molecule has 1 saturated carbocycles. The first-order valence-corrected chi connectivity index (χ1v) is 12.5. The van der Waals surface area contributed by atoms with E-state index >= 15 is 0 Å². The number of amides is 2. The van der Waals surface area contributed by atoms with Crippen LogP contribution in [0.15, 0.2) is 23.8 Å². The first-order valence-electron chi connectivity index (χ1n) is 11.4. The zero-order valence-electron chi connectivity index (χ0n) is 19.3. The van der Waals surface area contributed by atoms with Gasteiger partial charge in [0.25, 0.3) is 0 Å². The number of hydrogen-bond donors (Lipinski definition) is 3. The van der Waals surface area contributed by atoms with Crippen molar-refractivity contribution in [2.75, 3.05) is 26.8 Å². The van der Waals surface area contributed by atoms with Crippen LogP contribution >= 0.6 is 22.6 Å². The second kappa shape index (κ2) is 12.0. The summed E-state index contributed by atoms with van der Waals surface area (Å²) < 4.78 is 12.2. The number of carbonyl (C=O) groups is 3. The Hall–Kier alpha value is -2.18. The minimum absolute atomic E-state index is 0.0887. The summed E-state index contributed by atoms with van der Waals surface area (Å²) in [6, 6.07) is 2.53. The maximum absolute atomic E-state index is 12.8. The molecule has 2 amide bonds. The minimum Gasteiger partial charge on any atom is -0.493 e. The first kappa shape index (κ1) is 26.4. The van der Waals surface area contributed by atoms with Crippen LogP contribution in [0.3, 0.4) is 0 Å². The largest absolute Gasteiger partial charge is 0.493 e. The lowest BCUT2D eigenvalue weighted by Gasteiger charge is -2.40. The molecule has 10 heteroatoms. The summed E-state index contributed by atoms with van der Waals surface area (Å²) in [5.74, 6) is 0.585. The van der Waals surface area contributed by atoms with Gasteiger partial charge in [-0.15, -0.1) is 0 Å². The molecule has 9 nitrogen and oxygen atoms in total. The van der Waals surface area contributed by atoms with Crippen molar-refractivity contribution in [1.29, 1.82) is 0 Å². The molecule has 186 valence electrons. The number of aldehydes is 1. The molecule has 3 N–H and O–H groups in total. The van der Waals surface area contributed by atoms with Gasteiger partial charge in [-0.25, -0.2) is 0 Å². The van der Waals surface area contributed by atoms with Gasteiger partial charge in [-0.1, -0.05) is 6.92 Å². The summed E-state index contributed by atoms with van der Waals surface area (Å²) in [7, 11) is 1.45. The number of nitrogens with zero attached hydrogens (tertiary/aromatic N) is 1. The van der Waals surface area contributed by atoms with Crippen LogP contribution in [0.1, 0.15) is 43.0 Å². The zero-order valence-corrected chi connectivity index (χ0v) is 21.5. The van der Waals surface area contributed by atoms with Crippen molar-refractivity contribution in [2.45, 2.75) is 50.9 Å². The van der Waals surface area contributed by atoms with E-state index in [1.807, 2.05) is 22.6 Å². The lowest BCUT2D eigenvalue weighted by atomic mass is 9.87. The predicted octanol–water partition coefficient (Wildman–Crippen LogP) is 1.68. The van der Waals surface area contributed by atoms with E-state index in [9.17, 15) is 19.5 Å². The molecule has 0 aliphatic heterocycles. The van der Waals surface area contributed by atoms with E-state index in [1.165, 1.54) is 13.2 Å². The second-order valence-electron chi connectivity index (χ2n) is 8.51. The lowest BCUT2D eigenvalue weighted by molar-refractivity contribution is -0.138. The molecule has 1 aromatic rings. The molecule has 0 radical (unpaired) electrons. The molecule has 34 heavy (non-hydrogen) atoms. The Bertz CT molecular complexity index is 947. The van der Waals surface area contributed by atoms with Crippen LogP contribution in [0.5, 0.6) is 11.5 Å². The number of hydrogen-bond acceptors (Lipinski definition) is 7. The van der Waals surface area contributed by atoms with Gasteiger partial charge in [-0.2, -0.15) is 0 Å². The smallest absolute Gasteiger partial charge is 0.247 e. The Balaban J connectivity index is 1.97. The third kappa shape index (κ3) is 6.28. The van der Waals surface area contributed by atoms with Gasteiger partial charge in [0.2, 0.25) is 11.8 Å². The summed E-state index contributed by atoms with van der Waals surface area (Å²) in [6.45, 7) is 2.19. The molecule has 3 atom stereocenters. The average Bonchev–Trinajstić information content (AvgIpc) is 3.66. The maximum atomic E-state index is 12.8. The van der Waals surface area contributed by atoms with Gasteiger partial charge >= 0.3 is 0 Å². The highest BCUT2D eigenvalue weighted by Gasteiger charge is 2.42. The number of halogens is 1. The highest BCUT2D eigenvalue weighted by atomic mass is 127. The van der Waals surface area contributed by atoms with Gasteiger partial charge in [0, 0.05) is 37.1 Å². The Labute approximate surface area is 212 Å². The van der Waals surface area contributed by atoms with Gasteiger partial charge in [0.1, 0.15) is 18.5 Å². The van der Waals surface area contributed by atoms with E-state index in [2.05, 4.69) is 5.32 Å². The molecule has 0 aromatic heterocycles. The third-order valence-electron chi connectivity index (χ3n) is 6.03. The third-order valence-corrected chi connectivity index (χ3v) is 6.83. The predicted molar refractivity (Wildman–Crippen MR) is 133 cm³/mol. The van der Waals surface area contributed by atoms with Crippen LogP contribution in [0.25, 0.3) is 0 Å². The first-order chi connectivity index (χ1) is 16.3. The van der Waals surface area contributed by atoms with E-state index in [-0.39, 0.29) is 37.8 Å². The van der Waals surface area contributed by atoms with Crippen molar-refractivity contribution in [3.05, 3.63) is 32.9 Å². The molecular formula is C24H31IN2O7. The molecule has 0 spiro atoms. The summed E-state index contributed by atoms with van der Waals surface area (Å²) in [5, 5.41) is 23.1. The molecule has 2 aliphatic carbocycles. The number of carbonyl (C=O) groups excluding carboxylic acids is 3. The van der Waals surface area contributed by atoms with Crippen LogP contribution in [-0.4, -0.2) is 78.3 Å². The van der Waals surface area contributed by atoms with Crippen molar-refractivity contribution in [1.82, 2.24) is 10.2 Å². The Morgan fingerprint density at radius 1 is 1.32 bits per heavy atom. The monoisotopic (exact) mass is 586 g/mol. The quantitative estimate of drug-likeness (QED) is 0.266. The number of rotatable bonds is 11. The lowest BCUT2D eigenvalue weighted by Crippen LogP contribution is -2.55. The fourth-order valence-corrected chi connectivity index (χ4v) is 4.79. The number of nitrogens with one attached hydrogen (secondary N) is 1. The van der Waals surface area contributed by atoms with Crippen molar-refractivity contribution in [2.24, 2.45) is 5.92 Å². The number of ether oxygens (including phenoxy) is 2. The summed E-state index contributed by atoms with van der Waals surface area (Å²) in [6.07, 6.45) is 2.77. The number of aliphatic hydroxyl groups is 2. The standard InChI is InChI=1S/C24H31IN2O7/c1-3-21(30)27(12-14-4-5-14)18-10-16(24(32)26-6-7-28)11-19(22(18)31)34-23-17(25)8-15(13-29)9-20(23)33-2/h8-9,11,13-14,18-19,22,28,31H,3-7,10,12H2,1-2H3,(H,26,32). The van der Waals surface area contributed by atoms with Crippen molar-refractivity contribution in [3.8, 4) is 11.5 Å². The average molecular weight is 586 g/mol. The minimum atomic E-state index is -1.09. The molecule has 1 aromatic carbocycles. The Kier molecular flexibility index (Phi) is 9.31. The van der Waals surface area contributed by atoms with E-state index < -0.39 is 18.2 Å².